The van der Waals surface area contributed by atoms with E-state index in [4.69, 9.17) is 0 Å². The van der Waals surface area contributed by atoms with Gasteiger partial charge in [0.1, 0.15) is 5.78 Å². The van der Waals surface area contributed by atoms with Crippen LogP contribution in [0.2, 0.25) is 0 Å². The van der Waals surface area contributed by atoms with E-state index in [0.29, 0.717) is 11.7 Å². The first-order valence-electron chi connectivity index (χ1n) is 5.34. The lowest BCUT2D eigenvalue weighted by molar-refractivity contribution is -0.124. The van der Waals surface area contributed by atoms with Gasteiger partial charge in [-0.05, 0) is 22.3 Å². The molecule has 0 spiro atoms. The SMILES string of the molecule is O=C1CC(c2cccc3ccccc23)C1. The molecule has 0 bridgehead atoms. The Bertz CT molecular complexity index is 514. The average molecular weight is 196 g/mol. The smallest absolute Gasteiger partial charge is 0.134 e. The number of hydrogen-bond acceptors (Lipinski definition) is 1. The normalized spacial score (nSPS) is 16.7. The molecule has 1 aliphatic carbocycles. The van der Waals surface area contributed by atoms with Gasteiger partial charge in [0.15, 0.2) is 0 Å². The van der Waals surface area contributed by atoms with Gasteiger partial charge in [-0.15, -0.1) is 0 Å². The molecule has 3 rings (SSSR count). The summed E-state index contributed by atoms with van der Waals surface area (Å²) < 4.78 is 0. The van der Waals surface area contributed by atoms with Crippen LogP contribution in [0.5, 0.6) is 0 Å². The van der Waals surface area contributed by atoms with Crippen LogP contribution in [-0.2, 0) is 4.79 Å². The summed E-state index contributed by atoms with van der Waals surface area (Å²) in [5, 5.41) is 2.58. The van der Waals surface area contributed by atoms with Gasteiger partial charge in [0.25, 0.3) is 0 Å². The lowest BCUT2D eigenvalue weighted by Crippen LogP contribution is -2.21. The fourth-order valence-corrected chi connectivity index (χ4v) is 2.32. The van der Waals surface area contributed by atoms with Crippen molar-refractivity contribution in [2.45, 2.75) is 18.8 Å². The largest absolute Gasteiger partial charge is 0.300 e. The molecule has 0 aliphatic heterocycles. The Balaban J connectivity index is 2.14. The van der Waals surface area contributed by atoms with Crippen molar-refractivity contribution < 1.29 is 4.79 Å². The number of hydrogen-bond donors (Lipinski definition) is 0. The first-order valence-corrected chi connectivity index (χ1v) is 5.34. The van der Waals surface area contributed by atoms with E-state index >= 15 is 0 Å². The maximum atomic E-state index is 11.0. The maximum Gasteiger partial charge on any atom is 0.134 e. The van der Waals surface area contributed by atoms with Gasteiger partial charge in [0.05, 0.1) is 0 Å². The van der Waals surface area contributed by atoms with Gasteiger partial charge >= 0.3 is 0 Å². The molecule has 0 heterocycles. The molecule has 1 nitrogen and oxygen atoms in total. The Kier molecular flexibility index (Phi) is 1.84. The molecule has 1 aliphatic rings. The number of ketones is 1. The van der Waals surface area contributed by atoms with Gasteiger partial charge in [0, 0.05) is 12.8 Å². The van der Waals surface area contributed by atoms with Crippen molar-refractivity contribution in [3.8, 4) is 0 Å². The third kappa shape index (κ3) is 1.35. The highest BCUT2D eigenvalue weighted by Crippen LogP contribution is 2.37. The summed E-state index contributed by atoms with van der Waals surface area (Å²) in [5.74, 6) is 0.858. The Morgan fingerprint density at radius 2 is 1.67 bits per heavy atom. The van der Waals surface area contributed by atoms with Crippen LogP contribution in [0.1, 0.15) is 24.3 Å². The zero-order valence-electron chi connectivity index (χ0n) is 8.44. The zero-order valence-corrected chi connectivity index (χ0v) is 8.44. The van der Waals surface area contributed by atoms with Gasteiger partial charge in [-0.2, -0.15) is 0 Å². The number of fused-ring (bicyclic) bond motifs is 1. The van der Waals surface area contributed by atoms with E-state index < -0.39 is 0 Å². The highest BCUT2D eigenvalue weighted by Gasteiger charge is 2.28. The molecule has 2 aromatic rings. The molecular formula is C14H12O. The Labute approximate surface area is 88.7 Å². The first kappa shape index (κ1) is 8.66. The molecule has 2 aromatic carbocycles. The van der Waals surface area contributed by atoms with Crippen LogP contribution in [0, 0.1) is 0 Å². The van der Waals surface area contributed by atoms with Crippen molar-refractivity contribution >= 4 is 16.6 Å². The summed E-state index contributed by atoms with van der Waals surface area (Å²) in [6.45, 7) is 0. The van der Waals surface area contributed by atoms with Crippen LogP contribution in [0.15, 0.2) is 42.5 Å². The van der Waals surface area contributed by atoms with E-state index in [0.717, 1.165) is 12.8 Å². The topological polar surface area (TPSA) is 17.1 Å². The van der Waals surface area contributed by atoms with Gasteiger partial charge in [-0.25, -0.2) is 0 Å². The minimum atomic E-state index is 0.396. The molecule has 74 valence electrons. The van der Waals surface area contributed by atoms with Gasteiger partial charge < -0.3 is 0 Å². The predicted molar refractivity (Wildman–Crippen MR) is 60.9 cm³/mol. The lowest BCUT2D eigenvalue weighted by atomic mass is 9.77. The molecule has 1 saturated carbocycles. The van der Waals surface area contributed by atoms with Crippen molar-refractivity contribution in [1.29, 1.82) is 0 Å². The predicted octanol–water partition coefficient (Wildman–Crippen LogP) is 3.29. The van der Waals surface area contributed by atoms with Crippen molar-refractivity contribution in [1.82, 2.24) is 0 Å². The van der Waals surface area contributed by atoms with E-state index in [9.17, 15) is 4.79 Å². The van der Waals surface area contributed by atoms with Crippen LogP contribution in [0.25, 0.3) is 10.8 Å². The van der Waals surface area contributed by atoms with E-state index in [1.54, 1.807) is 0 Å². The number of rotatable bonds is 1. The van der Waals surface area contributed by atoms with Crippen molar-refractivity contribution in [3.63, 3.8) is 0 Å². The molecule has 0 saturated heterocycles. The maximum absolute atomic E-state index is 11.0. The van der Waals surface area contributed by atoms with E-state index in [-0.39, 0.29) is 0 Å². The molecule has 0 N–H and O–H groups in total. The number of benzene rings is 2. The third-order valence-electron chi connectivity index (χ3n) is 3.21. The van der Waals surface area contributed by atoms with E-state index in [1.165, 1.54) is 16.3 Å². The molecule has 0 radical (unpaired) electrons. The molecule has 1 heteroatoms. The van der Waals surface area contributed by atoms with Crippen molar-refractivity contribution in [2.24, 2.45) is 0 Å². The number of carbonyl (C=O) groups is 1. The van der Waals surface area contributed by atoms with Crippen LogP contribution in [0.4, 0.5) is 0 Å². The molecule has 0 atom stereocenters. The summed E-state index contributed by atoms with van der Waals surface area (Å²) >= 11 is 0. The number of Topliss-reactive ketones (excluding diaryl/α,β-unsaturated/α-hetero) is 1. The fourth-order valence-electron chi connectivity index (χ4n) is 2.32. The zero-order chi connectivity index (χ0) is 10.3. The Hall–Kier alpha value is -1.63. The molecule has 0 aromatic heterocycles. The van der Waals surface area contributed by atoms with Crippen molar-refractivity contribution in [3.05, 3.63) is 48.0 Å². The lowest BCUT2D eigenvalue weighted by Gasteiger charge is -2.25. The second-order valence-corrected chi connectivity index (χ2v) is 4.21. The second kappa shape index (κ2) is 3.20. The summed E-state index contributed by atoms with van der Waals surface area (Å²) in [5.41, 5.74) is 1.34. The van der Waals surface area contributed by atoms with Gasteiger partial charge in [-0.3, -0.25) is 4.79 Å². The minimum Gasteiger partial charge on any atom is -0.300 e. The second-order valence-electron chi connectivity index (χ2n) is 4.21. The highest BCUT2D eigenvalue weighted by atomic mass is 16.1. The van der Waals surface area contributed by atoms with Crippen LogP contribution in [0.3, 0.4) is 0 Å². The standard InChI is InChI=1S/C14H12O/c15-12-8-11(9-12)14-7-3-5-10-4-1-2-6-13(10)14/h1-7,11H,8-9H2. The van der Waals surface area contributed by atoms with Crippen LogP contribution in [-0.4, -0.2) is 5.78 Å². The Morgan fingerprint density at radius 1 is 0.933 bits per heavy atom. The van der Waals surface area contributed by atoms with Crippen molar-refractivity contribution in [2.75, 3.05) is 0 Å². The number of carbonyl (C=O) groups excluding carboxylic acids is 1. The van der Waals surface area contributed by atoms with Gasteiger partial charge in [0.2, 0.25) is 0 Å². The summed E-state index contributed by atoms with van der Waals surface area (Å²) in [7, 11) is 0. The first-order chi connectivity index (χ1) is 7.34. The molecule has 15 heavy (non-hydrogen) atoms. The monoisotopic (exact) mass is 196 g/mol. The minimum absolute atomic E-state index is 0.396. The van der Waals surface area contributed by atoms with E-state index in [1.807, 2.05) is 0 Å². The molecule has 0 unspecified atom stereocenters. The average Bonchev–Trinajstić information content (AvgIpc) is 2.24. The summed E-state index contributed by atoms with van der Waals surface area (Å²) in [4.78, 5) is 11.0. The van der Waals surface area contributed by atoms with E-state index in [2.05, 4.69) is 42.5 Å². The highest BCUT2D eigenvalue weighted by molar-refractivity contribution is 5.91. The molecule has 1 fully saturated rings. The fraction of sp³-hybridized carbons (Fsp3) is 0.214. The van der Waals surface area contributed by atoms with Crippen LogP contribution < -0.4 is 0 Å². The summed E-state index contributed by atoms with van der Waals surface area (Å²) in [6.07, 6.45) is 1.46. The van der Waals surface area contributed by atoms with Gasteiger partial charge in [-0.1, -0.05) is 42.5 Å². The third-order valence-corrected chi connectivity index (χ3v) is 3.21. The van der Waals surface area contributed by atoms with Crippen LogP contribution >= 0.6 is 0 Å². The Morgan fingerprint density at radius 3 is 2.47 bits per heavy atom. The summed E-state index contributed by atoms with van der Waals surface area (Å²) in [6, 6.07) is 14.7. The quantitative estimate of drug-likeness (QED) is 0.684. The molecule has 0 amide bonds. The molecular weight excluding hydrogens is 184 g/mol.